The first-order chi connectivity index (χ1) is 8.86. The first-order valence-electron chi connectivity index (χ1n) is 6.26. The molecule has 3 rings (SSSR count). The van der Waals surface area contributed by atoms with E-state index >= 15 is 0 Å². The Balaban J connectivity index is 1.81. The second kappa shape index (κ2) is 5.08. The molecule has 0 saturated heterocycles. The molecule has 1 aliphatic rings. The topological polar surface area (TPSA) is 28.2 Å². The van der Waals surface area contributed by atoms with Crippen molar-refractivity contribution in [3.05, 3.63) is 45.8 Å². The highest BCUT2D eigenvalue weighted by atomic mass is 32.1. The largest absolute Gasteiger partial charge is 0.352 e. The highest BCUT2D eigenvalue weighted by Gasteiger charge is 2.18. The molecule has 0 fully saturated rings. The maximum absolute atomic E-state index is 4.50. The second-order valence-electron chi connectivity index (χ2n) is 4.59. The average molecular weight is 259 g/mol. The first-order valence-corrected chi connectivity index (χ1v) is 7.14. The molecule has 3 nitrogen and oxygen atoms in total. The molecular formula is C14H17N3S. The van der Waals surface area contributed by atoms with Crippen LogP contribution < -0.4 is 10.2 Å². The van der Waals surface area contributed by atoms with Gasteiger partial charge >= 0.3 is 0 Å². The number of hydrogen-bond donors (Lipinski definition) is 1. The maximum Gasteiger partial charge on any atom is 0.129 e. The predicted octanol–water partition coefficient (Wildman–Crippen LogP) is 2.43. The van der Waals surface area contributed by atoms with Gasteiger partial charge in [0.25, 0.3) is 0 Å². The van der Waals surface area contributed by atoms with E-state index in [2.05, 4.69) is 38.8 Å². The zero-order chi connectivity index (χ0) is 12.4. The van der Waals surface area contributed by atoms with E-state index in [0.29, 0.717) is 0 Å². The molecule has 18 heavy (non-hydrogen) atoms. The fraction of sp³-hybridized carbons (Fsp3) is 0.357. The van der Waals surface area contributed by atoms with Crippen molar-refractivity contribution in [2.45, 2.75) is 19.5 Å². The summed E-state index contributed by atoms with van der Waals surface area (Å²) in [6, 6.07) is 6.50. The number of fused-ring (bicyclic) bond motifs is 1. The number of anilines is 1. The summed E-state index contributed by atoms with van der Waals surface area (Å²) in [5.41, 5.74) is 2.76. The van der Waals surface area contributed by atoms with Crippen LogP contribution in [0.25, 0.3) is 0 Å². The van der Waals surface area contributed by atoms with Crippen LogP contribution in [0.1, 0.15) is 16.0 Å². The number of rotatable bonds is 3. The zero-order valence-corrected chi connectivity index (χ0v) is 11.3. The molecule has 0 atom stereocenters. The molecule has 0 spiro atoms. The summed E-state index contributed by atoms with van der Waals surface area (Å²) in [6.07, 6.45) is 3.05. The number of aromatic nitrogens is 1. The Hall–Kier alpha value is -1.39. The molecule has 0 amide bonds. The molecular weight excluding hydrogens is 242 g/mol. The third-order valence-electron chi connectivity index (χ3n) is 3.32. The standard InChI is InChI=1S/C14H17N3S/c1-15-9-11-2-5-16-14(8-11)17-6-3-13-12(10-17)4-7-18-13/h2,4-5,7-8,15H,3,6,9-10H2,1H3. The minimum absolute atomic E-state index is 0.896. The predicted molar refractivity (Wildman–Crippen MR) is 76.1 cm³/mol. The molecule has 1 N–H and O–H groups in total. The van der Waals surface area contributed by atoms with Gasteiger partial charge in [0.1, 0.15) is 5.82 Å². The lowest BCUT2D eigenvalue weighted by Gasteiger charge is -2.28. The monoisotopic (exact) mass is 259 g/mol. The fourth-order valence-corrected chi connectivity index (χ4v) is 3.28. The van der Waals surface area contributed by atoms with Crippen molar-refractivity contribution in [1.29, 1.82) is 0 Å². The van der Waals surface area contributed by atoms with E-state index < -0.39 is 0 Å². The quantitative estimate of drug-likeness (QED) is 0.917. The van der Waals surface area contributed by atoms with Crippen molar-refractivity contribution >= 4 is 17.2 Å². The molecule has 0 bridgehead atoms. The molecule has 2 aromatic rings. The van der Waals surface area contributed by atoms with E-state index in [1.54, 1.807) is 0 Å². The van der Waals surface area contributed by atoms with Gasteiger partial charge in [-0.05, 0) is 48.2 Å². The van der Waals surface area contributed by atoms with Crippen LogP contribution in [-0.2, 0) is 19.5 Å². The van der Waals surface area contributed by atoms with Gasteiger partial charge in [0, 0.05) is 30.7 Å². The summed E-state index contributed by atoms with van der Waals surface area (Å²) in [5.74, 6) is 1.10. The van der Waals surface area contributed by atoms with E-state index in [-0.39, 0.29) is 0 Å². The SMILES string of the molecule is CNCc1ccnc(N2CCc3sccc3C2)c1. The van der Waals surface area contributed by atoms with Crippen molar-refractivity contribution < 1.29 is 0 Å². The molecule has 1 aliphatic heterocycles. The highest BCUT2D eigenvalue weighted by Crippen LogP contribution is 2.26. The van der Waals surface area contributed by atoms with Crippen molar-refractivity contribution in [3.63, 3.8) is 0 Å². The summed E-state index contributed by atoms with van der Waals surface area (Å²) >= 11 is 1.88. The van der Waals surface area contributed by atoms with Crippen molar-refractivity contribution in [2.24, 2.45) is 0 Å². The Morgan fingerprint density at radius 3 is 3.28 bits per heavy atom. The minimum atomic E-state index is 0.896. The third-order valence-corrected chi connectivity index (χ3v) is 4.35. The van der Waals surface area contributed by atoms with Crippen LogP contribution in [0, 0.1) is 0 Å². The lowest BCUT2D eigenvalue weighted by atomic mass is 10.1. The van der Waals surface area contributed by atoms with Crippen molar-refractivity contribution in [2.75, 3.05) is 18.5 Å². The average Bonchev–Trinajstić information content (AvgIpc) is 2.86. The number of nitrogens with zero attached hydrogens (tertiary/aromatic N) is 2. The minimum Gasteiger partial charge on any atom is -0.352 e. The van der Waals surface area contributed by atoms with E-state index in [4.69, 9.17) is 0 Å². The van der Waals surface area contributed by atoms with Crippen LogP contribution in [0.5, 0.6) is 0 Å². The normalized spacial score (nSPS) is 14.6. The Kier molecular flexibility index (Phi) is 3.30. The third kappa shape index (κ3) is 2.26. The van der Waals surface area contributed by atoms with Crippen LogP contribution in [0.3, 0.4) is 0 Å². The van der Waals surface area contributed by atoms with Crippen LogP contribution in [0.2, 0.25) is 0 Å². The molecule has 0 radical (unpaired) electrons. The van der Waals surface area contributed by atoms with Gasteiger partial charge in [-0.15, -0.1) is 11.3 Å². The van der Waals surface area contributed by atoms with Crippen LogP contribution in [0.4, 0.5) is 5.82 Å². The van der Waals surface area contributed by atoms with Gasteiger partial charge < -0.3 is 10.2 Å². The number of hydrogen-bond acceptors (Lipinski definition) is 4. The lowest BCUT2D eigenvalue weighted by molar-refractivity contribution is 0.729. The maximum atomic E-state index is 4.50. The van der Waals surface area contributed by atoms with E-state index in [1.165, 1.54) is 16.0 Å². The van der Waals surface area contributed by atoms with E-state index in [0.717, 1.165) is 31.9 Å². The molecule has 94 valence electrons. The molecule has 4 heteroatoms. The lowest BCUT2D eigenvalue weighted by Crippen LogP contribution is -2.30. The second-order valence-corrected chi connectivity index (χ2v) is 5.59. The summed E-state index contributed by atoms with van der Waals surface area (Å²) in [4.78, 5) is 8.41. The molecule has 2 aromatic heterocycles. The van der Waals surface area contributed by atoms with Crippen molar-refractivity contribution in [1.82, 2.24) is 10.3 Å². The summed E-state index contributed by atoms with van der Waals surface area (Å²) in [6.45, 7) is 2.96. The Morgan fingerprint density at radius 2 is 2.39 bits per heavy atom. The zero-order valence-electron chi connectivity index (χ0n) is 10.5. The van der Waals surface area contributed by atoms with Gasteiger partial charge in [0.05, 0.1) is 0 Å². The molecule has 0 aromatic carbocycles. The van der Waals surface area contributed by atoms with Crippen molar-refractivity contribution in [3.8, 4) is 0 Å². The van der Waals surface area contributed by atoms with Crippen LogP contribution in [-0.4, -0.2) is 18.6 Å². The smallest absolute Gasteiger partial charge is 0.129 e. The van der Waals surface area contributed by atoms with Gasteiger partial charge in [-0.25, -0.2) is 4.98 Å². The van der Waals surface area contributed by atoms with Crippen LogP contribution in [0.15, 0.2) is 29.8 Å². The van der Waals surface area contributed by atoms with Gasteiger partial charge in [-0.3, -0.25) is 0 Å². The fourth-order valence-electron chi connectivity index (χ4n) is 2.39. The Morgan fingerprint density at radius 1 is 1.44 bits per heavy atom. The number of thiophene rings is 1. The van der Waals surface area contributed by atoms with Gasteiger partial charge in [0.15, 0.2) is 0 Å². The van der Waals surface area contributed by atoms with Gasteiger partial charge in [-0.2, -0.15) is 0 Å². The van der Waals surface area contributed by atoms with Crippen LogP contribution >= 0.6 is 11.3 Å². The molecule has 0 saturated carbocycles. The molecule has 0 unspecified atom stereocenters. The summed E-state index contributed by atoms with van der Waals surface area (Å²) in [5, 5.41) is 5.37. The first kappa shape index (κ1) is 11.7. The molecule has 0 aliphatic carbocycles. The van der Waals surface area contributed by atoms with Gasteiger partial charge in [-0.1, -0.05) is 0 Å². The summed E-state index contributed by atoms with van der Waals surface area (Å²) in [7, 11) is 1.97. The summed E-state index contributed by atoms with van der Waals surface area (Å²) < 4.78 is 0. The number of nitrogens with one attached hydrogen (secondary N) is 1. The van der Waals surface area contributed by atoms with E-state index in [1.807, 2.05) is 24.6 Å². The Labute approximate surface area is 111 Å². The Bertz CT molecular complexity index is 535. The molecule has 3 heterocycles. The highest BCUT2D eigenvalue weighted by molar-refractivity contribution is 7.10. The van der Waals surface area contributed by atoms with Gasteiger partial charge in [0.2, 0.25) is 0 Å². The number of pyridine rings is 1. The van der Waals surface area contributed by atoms with E-state index in [9.17, 15) is 0 Å².